The fourth-order valence-corrected chi connectivity index (χ4v) is 0. The van der Waals surface area contributed by atoms with E-state index in [1.807, 2.05) is 0 Å². The molecule has 0 fully saturated rings. The minimum atomic E-state index is -1.75. The molecule has 0 saturated carbocycles. The Morgan fingerprint density at radius 3 is 0.444 bits per heavy atom. The molecule has 0 aromatic rings. The molecule has 0 rings (SSSR count). The first-order valence-corrected chi connectivity index (χ1v) is 1.64. The van der Waals surface area contributed by atoms with Crippen LogP contribution in [0.15, 0.2) is 0 Å². The van der Waals surface area contributed by atoms with Crippen LogP contribution in [0.2, 0.25) is 0 Å². The fourth-order valence-electron chi connectivity index (χ4n) is 0. The molecule has 0 aromatic heterocycles. The van der Waals surface area contributed by atoms with Gasteiger partial charge in [-0.15, -0.1) is 0 Å². The Morgan fingerprint density at radius 1 is 0.444 bits per heavy atom. The van der Waals surface area contributed by atoms with Crippen molar-refractivity contribution in [2.45, 2.75) is 0 Å². The molecule has 0 amide bonds. The van der Waals surface area contributed by atoms with Gasteiger partial charge in [0.25, 0.3) is 0 Å². The molecule has 18 heavy (non-hydrogen) atoms. The second kappa shape index (κ2) is 57.5. The maximum absolute atomic E-state index is 8.25. The quantitative estimate of drug-likeness (QED) is 0.251. The van der Waals surface area contributed by atoms with Gasteiger partial charge in [-0.05, 0) is 0 Å². The first kappa shape index (κ1) is 69.8. The molecule has 0 atom stereocenters. The van der Waals surface area contributed by atoms with E-state index in [0.29, 0.717) is 0 Å². The predicted octanol–water partition coefficient (Wildman–Crippen LogP) is -4.84. The molecule has 0 aromatic carbocycles. The third kappa shape index (κ3) is 1460. The normalized spacial score (nSPS) is 4.00. The first-order chi connectivity index (χ1) is 5.20. The smallest absolute Gasteiger partial charge is 0.412 e. The molecule has 0 heterocycles. The van der Waals surface area contributed by atoms with E-state index >= 15 is 0 Å². The van der Waals surface area contributed by atoms with Crippen LogP contribution in [0.3, 0.4) is 0 Å². The molecular weight excluding hydrogens is 441 g/mol. The van der Waals surface area contributed by atoms with Crippen LogP contribution in [0.5, 0.6) is 0 Å². The number of hydrogen-bond donors (Lipinski definition) is 0. The molecule has 10 N–H and O–H groups in total. The van der Waals surface area contributed by atoms with Crippen molar-refractivity contribution in [1.29, 1.82) is 0 Å². The Hall–Kier alpha value is -1.37. The second-order valence-electron chi connectivity index (χ2n) is 0.671. The largest absolute Gasteiger partial charge is 3.00 e. The van der Waals surface area contributed by atoms with E-state index in [0.717, 1.165) is 0 Å². The van der Waals surface area contributed by atoms with Crippen molar-refractivity contribution in [2.75, 3.05) is 0 Å². The Morgan fingerprint density at radius 2 is 0.444 bits per heavy atom. The molecule has 0 bridgehead atoms. The van der Waals surface area contributed by atoms with Crippen LogP contribution < -0.4 is 0 Å². The van der Waals surface area contributed by atoms with Crippen LogP contribution in [-0.2, 0) is 0 Å². The van der Waals surface area contributed by atoms with Crippen molar-refractivity contribution >= 4 is 0 Å². The molecule has 0 aliphatic carbocycles. The molecule has 124 valence electrons. The van der Waals surface area contributed by atoms with Crippen molar-refractivity contribution < 1.29 is 79.5 Å². The van der Waals surface area contributed by atoms with Crippen LogP contribution in [-0.4, -0.2) is 42.6 Å². The molecule has 0 spiro atoms. The Balaban J connectivity index is -0.00000000827. The fraction of sp³-hybridized carbons (Fsp3) is 0. The van der Waals surface area contributed by atoms with Gasteiger partial charge in [0.15, 0.2) is 0 Å². The van der Waals surface area contributed by atoms with Gasteiger partial charge in [0.2, 0.25) is 0 Å². The zero-order chi connectivity index (χ0) is 10.7. The third-order valence-corrected chi connectivity index (χ3v) is 0. The second-order valence-corrected chi connectivity index (χ2v) is 0.671. The van der Waals surface area contributed by atoms with E-state index in [-0.39, 0.29) is 64.3 Å². The summed E-state index contributed by atoms with van der Waals surface area (Å²) >= 11 is 0. The molecule has 17 nitrogen and oxygen atoms in total. The van der Waals surface area contributed by atoms with E-state index in [4.69, 9.17) is 46.0 Å². The summed E-state index contributed by atoms with van der Waals surface area (Å²) in [6.45, 7) is 0. The van der Waals surface area contributed by atoms with Crippen molar-refractivity contribution in [3.63, 3.8) is 0 Å². The zero-order valence-electron chi connectivity index (χ0n) is 7.77. The summed E-state index contributed by atoms with van der Waals surface area (Å²) in [5.41, 5.74) is 0. The molecule has 0 radical (unpaired) electrons. The third-order valence-electron chi connectivity index (χ3n) is 0. The topological polar surface area (TPSA) is 356 Å². The van der Waals surface area contributed by atoms with Gasteiger partial charge in [0.05, 0.1) is 15.3 Å². The van der Waals surface area contributed by atoms with Crippen LogP contribution in [0, 0.1) is 82.8 Å². The molecular formula is H10LuN3O14. The number of rotatable bonds is 0. The number of nitrogens with zero attached hydrogens (tertiary/aromatic N) is 3. The SMILES string of the molecule is O.O.O.O.O.O=[N+]([O-])[O-].O=[N+]([O-])[O-].O=[N+]([O-])[O-].[Lu+3]. The first-order valence-electron chi connectivity index (χ1n) is 1.64. The van der Waals surface area contributed by atoms with Crippen LogP contribution in [0.1, 0.15) is 0 Å². The maximum Gasteiger partial charge on any atom is 3.00 e. The molecule has 0 unspecified atom stereocenters. The van der Waals surface area contributed by atoms with Gasteiger partial charge in [-0.25, -0.2) is 0 Å². The molecule has 0 aliphatic heterocycles. The Labute approximate surface area is 125 Å². The van der Waals surface area contributed by atoms with Gasteiger partial charge in [-0.2, -0.15) is 0 Å². The van der Waals surface area contributed by atoms with Gasteiger partial charge in [0.1, 0.15) is 0 Å². The van der Waals surface area contributed by atoms with E-state index in [9.17, 15) is 0 Å². The Bertz CT molecular complexity index is 115. The standard InChI is InChI=1S/Lu.3NO3.5H2O/c;3*2-1(3)4;;;;;/h;;;;5*1H2/q+3;3*-1;;;;;. The van der Waals surface area contributed by atoms with Gasteiger partial charge in [-0.1, -0.05) is 0 Å². The van der Waals surface area contributed by atoms with Gasteiger partial charge in [-0.3, -0.25) is 0 Å². The van der Waals surface area contributed by atoms with Gasteiger partial charge in [0, 0.05) is 0 Å². The van der Waals surface area contributed by atoms with Crippen LogP contribution >= 0.6 is 0 Å². The summed E-state index contributed by atoms with van der Waals surface area (Å²) in [5, 5.41) is 44.2. The maximum atomic E-state index is 8.25. The van der Waals surface area contributed by atoms with Crippen molar-refractivity contribution in [1.82, 2.24) is 0 Å². The summed E-state index contributed by atoms with van der Waals surface area (Å²) < 4.78 is 0. The summed E-state index contributed by atoms with van der Waals surface area (Å²) in [6.07, 6.45) is 0. The summed E-state index contributed by atoms with van der Waals surface area (Å²) in [7, 11) is 0. The zero-order valence-corrected chi connectivity index (χ0v) is 9.43. The van der Waals surface area contributed by atoms with E-state index in [1.54, 1.807) is 0 Å². The molecule has 0 aliphatic rings. The van der Waals surface area contributed by atoms with Crippen molar-refractivity contribution in [3.8, 4) is 0 Å². The van der Waals surface area contributed by atoms with E-state index < -0.39 is 15.3 Å². The average Bonchev–Trinajstić information content (AvgIpc) is 1.54. The monoisotopic (exact) mass is 451 g/mol. The van der Waals surface area contributed by atoms with E-state index in [2.05, 4.69) is 0 Å². The van der Waals surface area contributed by atoms with Crippen molar-refractivity contribution in [2.24, 2.45) is 0 Å². The van der Waals surface area contributed by atoms with E-state index in [1.165, 1.54) is 0 Å². The van der Waals surface area contributed by atoms with Gasteiger partial charge >= 0.3 is 36.9 Å². The Kier molecular flexibility index (Phi) is 223. The predicted molar refractivity (Wildman–Crippen MR) is 49.2 cm³/mol. The van der Waals surface area contributed by atoms with Crippen molar-refractivity contribution in [3.05, 3.63) is 46.0 Å². The molecule has 0 saturated heterocycles. The summed E-state index contributed by atoms with van der Waals surface area (Å²) in [4.78, 5) is 24.8. The average molecular weight is 451 g/mol. The summed E-state index contributed by atoms with van der Waals surface area (Å²) in [5.74, 6) is 0. The summed E-state index contributed by atoms with van der Waals surface area (Å²) in [6, 6.07) is 0. The van der Waals surface area contributed by atoms with Gasteiger partial charge < -0.3 is 73.3 Å². The van der Waals surface area contributed by atoms with Crippen LogP contribution in [0.4, 0.5) is 0 Å². The minimum Gasteiger partial charge on any atom is -0.412 e. The minimum absolute atomic E-state index is 0. The number of hydrogen-bond acceptors (Lipinski definition) is 9. The molecule has 18 heteroatoms. The van der Waals surface area contributed by atoms with Crippen LogP contribution in [0.25, 0.3) is 0 Å².